The van der Waals surface area contributed by atoms with Gasteiger partial charge in [0.15, 0.2) is 0 Å². The van der Waals surface area contributed by atoms with E-state index < -0.39 is 52.8 Å². The van der Waals surface area contributed by atoms with Crippen molar-refractivity contribution in [2.75, 3.05) is 119 Å². The lowest BCUT2D eigenvalue weighted by Crippen LogP contribution is -2.24. The number of rotatable bonds is 31. The van der Waals surface area contributed by atoms with Crippen LogP contribution in [0.3, 0.4) is 0 Å². The maximum atomic E-state index is 13.5. The second-order valence-electron chi connectivity index (χ2n) is 11.0. The van der Waals surface area contributed by atoms with Crippen LogP contribution in [-0.4, -0.2) is 136 Å². The highest BCUT2D eigenvalue weighted by Gasteiger charge is 2.28. The standard InChI is InChI=1S/C32H49F5O13/c1-32(2,3)50-25(39)5-7-41-9-11-43-13-15-45-17-19-47-21-23-48-22-20-46-18-16-44-14-12-42-10-8-40-6-4-24(38)49-31-29(36)27(34)26(33)28(35)30(31)37/h4-23H2,1-3H3. The Morgan fingerprint density at radius 2 is 0.640 bits per heavy atom. The fourth-order valence-corrected chi connectivity index (χ4v) is 3.40. The van der Waals surface area contributed by atoms with E-state index in [1.54, 1.807) is 0 Å². The summed E-state index contributed by atoms with van der Waals surface area (Å²) < 4.78 is 124. The molecule has 0 unspecified atom stereocenters. The molecule has 0 saturated carbocycles. The van der Waals surface area contributed by atoms with Gasteiger partial charge in [-0.1, -0.05) is 0 Å². The van der Waals surface area contributed by atoms with E-state index in [1.807, 2.05) is 20.8 Å². The first-order chi connectivity index (χ1) is 23.9. The first-order valence-electron chi connectivity index (χ1n) is 16.1. The van der Waals surface area contributed by atoms with Crippen molar-refractivity contribution in [3.63, 3.8) is 0 Å². The summed E-state index contributed by atoms with van der Waals surface area (Å²) >= 11 is 0. The molecule has 0 amide bonds. The van der Waals surface area contributed by atoms with E-state index in [1.165, 1.54) is 0 Å². The van der Waals surface area contributed by atoms with Crippen LogP contribution in [-0.2, 0) is 57.0 Å². The van der Waals surface area contributed by atoms with E-state index in [-0.39, 0.29) is 45.4 Å². The number of carbonyl (C=O) groups is 2. The first-order valence-corrected chi connectivity index (χ1v) is 16.1. The molecular weight excluding hydrogens is 687 g/mol. The van der Waals surface area contributed by atoms with Gasteiger partial charge in [0, 0.05) is 0 Å². The summed E-state index contributed by atoms with van der Waals surface area (Å²) in [6, 6.07) is 0. The highest BCUT2D eigenvalue weighted by molar-refractivity contribution is 5.72. The molecule has 290 valence electrons. The molecule has 1 rings (SSSR count). The van der Waals surface area contributed by atoms with Gasteiger partial charge in [0.05, 0.1) is 132 Å². The van der Waals surface area contributed by atoms with E-state index in [0.29, 0.717) is 85.9 Å². The Morgan fingerprint density at radius 1 is 0.400 bits per heavy atom. The third kappa shape index (κ3) is 23.0. The summed E-state index contributed by atoms with van der Waals surface area (Å²) in [7, 11) is 0. The van der Waals surface area contributed by atoms with Crippen molar-refractivity contribution < 1.29 is 83.6 Å². The van der Waals surface area contributed by atoms with Crippen LogP contribution in [0, 0.1) is 29.1 Å². The summed E-state index contributed by atoms with van der Waals surface area (Å²) in [6.07, 6.45) is -0.288. The molecule has 0 atom stereocenters. The molecule has 1 aromatic rings. The molecule has 0 N–H and O–H groups in total. The lowest BCUT2D eigenvalue weighted by molar-refractivity contribution is -0.156. The summed E-state index contributed by atoms with van der Waals surface area (Å²) in [5.41, 5.74) is -0.499. The van der Waals surface area contributed by atoms with Crippen molar-refractivity contribution in [1.29, 1.82) is 0 Å². The second-order valence-corrected chi connectivity index (χ2v) is 11.0. The zero-order valence-electron chi connectivity index (χ0n) is 28.8. The number of esters is 2. The van der Waals surface area contributed by atoms with Crippen LogP contribution < -0.4 is 4.74 Å². The largest absolute Gasteiger partial charge is 0.460 e. The van der Waals surface area contributed by atoms with Crippen molar-refractivity contribution >= 4 is 11.9 Å². The molecule has 0 spiro atoms. The lowest BCUT2D eigenvalue weighted by Gasteiger charge is -2.19. The Labute approximate surface area is 288 Å². The van der Waals surface area contributed by atoms with Crippen molar-refractivity contribution in [3.8, 4) is 5.75 Å². The quantitative estimate of drug-likeness (QED) is 0.0275. The zero-order valence-corrected chi connectivity index (χ0v) is 28.8. The molecule has 0 saturated heterocycles. The van der Waals surface area contributed by atoms with Gasteiger partial charge in [0.25, 0.3) is 0 Å². The van der Waals surface area contributed by atoms with E-state index in [9.17, 15) is 31.5 Å². The van der Waals surface area contributed by atoms with Crippen LogP contribution in [0.25, 0.3) is 0 Å². The molecule has 13 nitrogen and oxygen atoms in total. The van der Waals surface area contributed by atoms with Crippen molar-refractivity contribution in [3.05, 3.63) is 29.1 Å². The Hall–Kier alpha value is -2.55. The summed E-state index contributed by atoms with van der Waals surface area (Å²) in [5.74, 6) is -14.5. The van der Waals surface area contributed by atoms with Crippen molar-refractivity contribution in [2.45, 2.75) is 39.2 Å². The smallest absolute Gasteiger partial charge is 0.313 e. The minimum Gasteiger partial charge on any atom is -0.460 e. The molecule has 0 radical (unpaired) electrons. The number of hydrogen-bond donors (Lipinski definition) is 0. The van der Waals surface area contributed by atoms with Gasteiger partial charge in [-0.05, 0) is 20.8 Å². The van der Waals surface area contributed by atoms with Gasteiger partial charge in [-0.2, -0.15) is 8.78 Å². The summed E-state index contributed by atoms with van der Waals surface area (Å²) in [4.78, 5) is 23.2. The van der Waals surface area contributed by atoms with Gasteiger partial charge in [-0.25, -0.2) is 13.2 Å². The monoisotopic (exact) mass is 736 g/mol. The number of carbonyl (C=O) groups excluding carboxylic acids is 2. The van der Waals surface area contributed by atoms with Crippen LogP contribution in [0.4, 0.5) is 22.0 Å². The molecule has 0 heterocycles. The van der Waals surface area contributed by atoms with E-state index in [2.05, 4.69) is 4.74 Å². The second kappa shape index (κ2) is 28.1. The van der Waals surface area contributed by atoms with Crippen LogP contribution >= 0.6 is 0 Å². The molecule has 1 aromatic carbocycles. The third-order valence-corrected chi connectivity index (χ3v) is 5.68. The summed E-state index contributed by atoms with van der Waals surface area (Å²) in [6.45, 7) is 11.2. The molecule has 50 heavy (non-hydrogen) atoms. The number of benzene rings is 1. The fraction of sp³-hybridized carbons (Fsp3) is 0.750. The fourth-order valence-electron chi connectivity index (χ4n) is 3.40. The molecule has 0 aromatic heterocycles. The Kier molecular flexibility index (Phi) is 25.5. The Morgan fingerprint density at radius 3 is 0.920 bits per heavy atom. The van der Waals surface area contributed by atoms with Gasteiger partial charge in [0.2, 0.25) is 34.8 Å². The Bertz CT molecular complexity index is 1050. The van der Waals surface area contributed by atoms with Crippen LogP contribution in [0.5, 0.6) is 5.75 Å². The molecular formula is C32H49F5O13. The van der Waals surface area contributed by atoms with Crippen LogP contribution in [0.1, 0.15) is 33.6 Å². The predicted octanol–water partition coefficient (Wildman–Crippen LogP) is 3.56. The topological polar surface area (TPSA) is 136 Å². The first kappa shape index (κ1) is 45.5. The highest BCUT2D eigenvalue weighted by atomic mass is 19.2. The maximum absolute atomic E-state index is 13.5. The van der Waals surface area contributed by atoms with Gasteiger partial charge in [-0.15, -0.1) is 0 Å². The Balaban J connectivity index is 1.77. The van der Waals surface area contributed by atoms with Crippen LogP contribution in [0.2, 0.25) is 0 Å². The molecule has 0 aliphatic heterocycles. The molecule has 0 aliphatic carbocycles. The number of hydrogen-bond acceptors (Lipinski definition) is 13. The minimum atomic E-state index is -2.35. The molecule has 0 fully saturated rings. The third-order valence-electron chi connectivity index (χ3n) is 5.68. The van der Waals surface area contributed by atoms with Gasteiger partial charge >= 0.3 is 11.9 Å². The van der Waals surface area contributed by atoms with E-state index in [0.717, 1.165) is 0 Å². The number of ether oxygens (including phenoxy) is 11. The van der Waals surface area contributed by atoms with Gasteiger partial charge in [-0.3, -0.25) is 9.59 Å². The van der Waals surface area contributed by atoms with E-state index in [4.69, 9.17) is 47.4 Å². The van der Waals surface area contributed by atoms with Crippen molar-refractivity contribution in [2.24, 2.45) is 0 Å². The summed E-state index contributed by atoms with van der Waals surface area (Å²) in [5, 5.41) is 0. The van der Waals surface area contributed by atoms with Crippen LogP contribution in [0.15, 0.2) is 0 Å². The molecule has 18 heteroatoms. The highest BCUT2D eigenvalue weighted by Crippen LogP contribution is 2.29. The normalized spacial score (nSPS) is 11.7. The SMILES string of the molecule is CC(C)(C)OC(=O)CCOCCOCCOCCOCCOCCOCCOCCOCCOCCC(=O)Oc1c(F)c(F)c(F)c(F)c1F. The lowest BCUT2D eigenvalue weighted by atomic mass is 10.2. The maximum Gasteiger partial charge on any atom is 0.313 e. The van der Waals surface area contributed by atoms with Crippen molar-refractivity contribution in [1.82, 2.24) is 0 Å². The average Bonchev–Trinajstić information content (AvgIpc) is 3.06. The molecule has 0 bridgehead atoms. The minimum absolute atomic E-state index is 0.0758. The van der Waals surface area contributed by atoms with E-state index >= 15 is 0 Å². The predicted molar refractivity (Wildman–Crippen MR) is 164 cm³/mol. The zero-order chi connectivity index (χ0) is 37.0. The van der Waals surface area contributed by atoms with Gasteiger partial charge in [0.1, 0.15) is 5.60 Å². The number of halogens is 5. The molecule has 0 aliphatic rings. The van der Waals surface area contributed by atoms with Gasteiger partial charge < -0.3 is 52.1 Å². The average molecular weight is 737 g/mol.